The fourth-order valence-corrected chi connectivity index (χ4v) is 4.71. The Morgan fingerprint density at radius 2 is 1.85 bits per heavy atom. The molecule has 170 valence electrons. The number of hydrogen-bond acceptors (Lipinski definition) is 3. The van der Waals surface area contributed by atoms with E-state index in [2.05, 4.69) is 9.98 Å². The molecule has 11 heteroatoms. The molecule has 1 aromatic heterocycles. The SMILES string of the molecule is NC(=NC(=O)O)c1ccc(S(=O)N2CCc3cc(-c4ccc(C(F)(F)F)cn4)ccc32)cc1. The zero-order valence-corrected chi connectivity index (χ0v) is 17.7. The number of anilines is 1. The molecule has 1 atom stereocenters. The lowest BCUT2D eigenvalue weighted by Crippen LogP contribution is -2.23. The van der Waals surface area contributed by atoms with Crippen molar-refractivity contribution in [2.75, 3.05) is 10.8 Å². The van der Waals surface area contributed by atoms with Gasteiger partial charge in [-0.15, -0.1) is 0 Å². The molecule has 33 heavy (non-hydrogen) atoms. The molecule has 0 fully saturated rings. The summed E-state index contributed by atoms with van der Waals surface area (Å²) in [4.78, 5) is 18.3. The number of nitrogens with two attached hydrogens (primary N) is 1. The molecule has 1 aliphatic heterocycles. The van der Waals surface area contributed by atoms with Gasteiger partial charge in [0.1, 0.15) is 5.84 Å². The first-order valence-corrected chi connectivity index (χ1v) is 10.8. The first-order valence-electron chi connectivity index (χ1n) is 9.67. The summed E-state index contributed by atoms with van der Waals surface area (Å²) in [5, 5.41) is 8.69. The molecular weight excluding hydrogens is 457 g/mol. The maximum absolute atomic E-state index is 13.1. The number of benzene rings is 2. The summed E-state index contributed by atoms with van der Waals surface area (Å²) in [5.74, 6) is -0.157. The number of carboxylic acid groups (broad SMARTS) is 1. The topological polar surface area (TPSA) is 109 Å². The largest absolute Gasteiger partial charge is 0.463 e. The van der Waals surface area contributed by atoms with Crippen LogP contribution in [0.3, 0.4) is 0 Å². The predicted octanol–water partition coefficient (Wildman–Crippen LogP) is 4.24. The minimum atomic E-state index is -4.44. The second-order valence-electron chi connectivity index (χ2n) is 7.18. The Kier molecular flexibility index (Phi) is 5.90. The third kappa shape index (κ3) is 4.72. The van der Waals surface area contributed by atoms with Gasteiger partial charge in [0.25, 0.3) is 0 Å². The normalized spacial score (nSPS) is 14.8. The zero-order valence-electron chi connectivity index (χ0n) is 16.9. The molecule has 3 aromatic rings. The van der Waals surface area contributed by atoms with E-state index in [-0.39, 0.29) is 5.84 Å². The van der Waals surface area contributed by atoms with Crippen LogP contribution >= 0.6 is 0 Å². The van der Waals surface area contributed by atoms with Crippen LogP contribution in [0.1, 0.15) is 16.7 Å². The number of amidine groups is 1. The summed E-state index contributed by atoms with van der Waals surface area (Å²) >= 11 is 0. The number of rotatable bonds is 4. The minimum absolute atomic E-state index is 0.157. The maximum atomic E-state index is 13.1. The Morgan fingerprint density at radius 1 is 1.12 bits per heavy atom. The van der Waals surface area contributed by atoms with Crippen LogP contribution in [0.25, 0.3) is 11.3 Å². The molecular formula is C22H17F3N4O3S. The van der Waals surface area contributed by atoms with Crippen molar-refractivity contribution in [3.63, 3.8) is 0 Å². The minimum Gasteiger partial charge on any atom is -0.463 e. The number of hydrogen-bond donors (Lipinski definition) is 2. The van der Waals surface area contributed by atoms with E-state index in [1.165, 1.54) is 6.07 Å². The van der Waals surface area contributed by atoms with Crippen LogP contribution in [0.2, 0.25) is 0 Å². The Hall–Kier alpha value is -3.73. The van der Waals surface area contributed by atoms with Crippen molar-refractivity contribution in [1.82, 2.24) is 4.98 Å². The predicted molar refractivity (Wildman–Crippen MR) is 117 cm³/mol. The van der Waals surface area contributed by atoms with E-state index in [0.717, 1.165) is 23.5 Å². The number of fused-ring (bicyclic) bond motifs is 1. The Balaban J connectivity index is 1.54. The van der Waals surface area contributed by atoms with Crippen molar-refractivity contribution < 1.29 is 27.3 Å². The molecule has 0 saturated heterocycles. The fourth-order valence-electron chi connectivity index (χ4n) is 3.47. The van der Waals surface area contributed by atoms with E-state index in [1.54, 1.807) is 40.7 Å². The third-order valence-electron chi connectivity index (χ3n) is 5.09. The van der Waals surface area contributed by atoms with Gasteiger partial charge >= 0.3 is 12.3 Å². The molecule has 7 nitrogen and oxygen atoms in total. The maximum Gasteiger partial charge on any atom is 0.433 e. The lowest BCUT2D eigenvalue weighted by atomic mass is 10.1. The first-order chi connectivity index (χ1) is 15.6. The molecule has 3 N–H and O–H groups in total. The Bertz CT molecular complexity index is 1260. The monoisotopic (exact) mass is 474 g/mol. The summed E-state index contributed by atoms with van der Waals surface area (Å²) in [6.07, 6.45) is -4.42. The zero-order chi connectivity index (χ0) is 23.8. The van der Waals surface area contributed by atoms with Crippen molar-refractivity contribution in [2.24, 2.45) is 10.7 Å². The van der Waals surface area contributed by atoms with Gasteiger partial charge in [-0.2, -0.15) is 18.2 Å². The summed E-state index contributed by atoms with van der Waals surface area (Å²) < 4.78 is 53.1. The van der Waals surface area contributed by atoms with E-state index in [4.69, 9.17) is 10.8 Å². The quantitative estimate of drug-likeness (QED) is 0.434. The van der Waals surface area contributed by atoms with Crippen molar-refractivity contribution in [3.8, 4) is 11.3 Å². The van der Waals surface area contributed by atoms with Crippen LogP contribution in [0.5, 0.6) is 0 Å². The van der Waals surface area contributed by atoms with Crippen LogP contribution in [0, 0.1) is 0 Å². The average Bonchev–Trinajstić information content (AvgIpc) is 3.21. The van der Waals surface area contributed by atoms with Gasteiger partial charge in [0.05, 0.1) is 21.8 Å². The molecule has 2 heterocycles. The van der Waals surface area contributed by atoms with Crippen molar-refractivity contribution in [1.29, 1.82) is 0 Å². The number of amides is 1. The van der Waals surface area contributed by atoms with Crippen LogP contribution in [0.15, 0.2) is 70.7 Å². The summed E-state index contributed by atoms with van der Waals surface area (Å²) in [6, 6.07) is 14.0. The molecule has 4 rings (SSSR count). The number of aromatic nitrogens is 1. The van der Waals surface area contributed by atoms with Gasteiger partial charge < -0.3 is 10.8 Å². The van der Waals surface area contributed by atoms with Crippen molar-refractivity contribution >= 4 is 28.6 Å². The number of nitrogens with zero attached hydrogens (tertiary/aromatic N) is 3. The van der Waals surface area contributed by atoms with E-state index in [0.29, 0.717) is 34.7 Å². The van der Waals surface area contributed by atoms with E-state index < -0.39 is 28.8 Å². The van der Waals surface area contributed by atoms with Crippen LogP contribution in [0.4, 0.5) is 23.7 Å². The van der Waals surface area contributed by atoms with Gasteiger partial charge in [0.2, 0.25) is 0 Å². The first kappa shape index (κ1) is 22.5. The molecule has 2 aromatic carbocycles. The number of aliphatic imine (C=N–C) groups is 1. The molecule has 1 aliphatic rings. The standard InChI is InChI=1S/C22H17F3N4O3S/c23-22(24,25)16-4-7-18(27-12-16)14-3-8-19-15(11-14)9-10-29(19)33(32)17-5-1-13(2-6-17)20(26)28-21(30)31/h1-8,11-12H,9-10H2,(H2,26,28)(H,30,31). The Morgan fingerprint density at radius 3 is 2.45 bits per heavy atom. The highest BCUT2D eigenvalue weighted by molar-refractivity contribution is 7.86. The summed E-state index contributed by atoms with van der Waals surface area (Å²) in [5.41, 5.74) is 7.98. The van der Waals surface area contributed by atoms with E-state index >= 15 is 0 Å². The highest BCUT2D eigenvalue weighted by atomic mass is 32.2. The van der Waals surface area contributed by atoms with Crippen molar-refractivity contribution in [2.45, 2.75) is 17.5 Å². The average molecular weight is 474 g/mol. The van der Waals surface area contributed by atoms with E-state index in [1.807, 2.05) is 6.07 Å². The molecule has 0 radical (unpaired) electrons. The van der Waals surface area contributed by atoms with Gasteiger partial charge in [-0.25, -0.2) is 9.00 Å². The highest BCUT2D eigenvalue weighted by Gasteiger charge is 2.31. The van der Waals surface area contributed by atoms with E-state index in [9.17, 15) is 22.2 Å². The molecule has 0 saturated carbocycles. The fraction of sp³-hybridized carbons (Fsp3) is 0.136. The van der Waals surface area contributed by atoms with Gasteiger partial charge in [0.15, 0.2) is 11.0 Å². The molecule has 1 amide bonds. The summed E-state index contributed by atoms with van der Waals surface area (Å²) in [7, 11) is -1.52. The number of pyridine rings is 1. The van der Waals surface area contributed by atoms with Crippen LogP contribution < -0.4 is 10.0 Å². The second-order valence-corrected chi connectivity index (χ2v) is 8.59. The van der Waals surface area contributed by atoms with Gasteiger partial charge in [-0.05, 0) is 48.4 Å². The number of alkyl halides is 3. The summed E-state index contributed by atoms with van der Waals surface area (Å²) in [6.45, 7) is 0.496. The van der Waals surface area contributed by atoms with Crippen LogP contribution in [-0.4, -0.2) is 32.8 Å². The van der Waals surface area contributed by atoms with Crippen molar-refractivity contribution in [3.05, 3.63) is 77.5 Å². The number of carbonyl (C=O) groups is 1. The Labute approximate surface area is 189 Å². The molecule has 0 spiro atoms. The molecule has 0 aliphatic carbocycles. The van der Waals surface area contributed by atoms with Gasteiger partial charge in [0, 0.05) is 23.9 Å². The van der Waals surface area contributed by atoms with Crippen LogP contribution in [-0.2, 0) is 23.6 Å². The molecule has 1 unspecified atom stereocenters. The van der Waals surface area contributed by atoms with Gasteiger partial charge in [-0.1, -0.05) is 18.2 Å². The molecule has 0 bridgehead atoms. The third-order valence-corrected chi connectivity index (χ3v) is 6.54. The van der Waals surface area contributed by atoms with Gasteiger partial charge in [-0.3, -0.25) is 9.29 Å². The highest BCUT2D eigenvalue weighted by Crippen LogP contribution is 2.35. The second kappa shape index (κ2) is 8.66. The number of halogens is 3. The lowest BCUT2D eigenvalue weighted by Gasteiger charge is -2.18. The smallest absolute Gasteiger partial charge is 0.433 e. The lowest BCUT2D eigenvalue weighted by molar-refractivity contribution is -0.137.